The summed E-state index contributed by atoms with van der Waals surface area (Å²) in [5.74, 6) is 0.128. The van der Waals surface area contributed by atoms with E-state index in [0.717, 1.165) is 25.1 Å². The van der Waals surface area contributed by atoms with Gasteiger partial charge < -0.3 is 11.1 Å². The van der Waals surface area contributed by atoms with Crippen molar-refractivity contribution in [1.29, 1.82) is 0 Å². The zero-order chi connectivity index (χ0) is 12.3. The molecule has 4 heteroatoms. The molecule has 0 spiro atoms. The number of fused-ring (bicyclic) bond motifs is 1. The summed E-state index contributed by atoms with van der Waals surface area (Å²) >= 11 is 0. The number of carbonyl (C=O) groups is 1. The van der Waals surface area contributed by atoms with E-state index in [1.807, 2.05) is 13.1 Å². The van der Waals surface area contributed by atoms with Gasteiger partial charge in [0.2, 0.25) is 5.91 Å². The third-order valence-electron chi connectivity index (χ3n) is 3.19. The van der Waals surface area contributed by atoms with E-state index in [1.165, 1.54) is 11.1 Å². The van der Waals surface area contributed by atoms with Crippen LogP contribution in [0.25, 0.3) is 0 Å². The van der Waals surface area contributed by atoms with Crippen molar-refractivity contribution in [1.82, 2.24) is 5.32 Å². The van der Waals surface area contributed by atoms with Gasteiger partial charge in [-0.3, -0.25) is 9.69 Å². The van der Waals surface area contributed by atoms with Gasteiger partial charge in [0.1, 0.15) is 0 Å². The maximum Gasteiger partial charge on any atom is 0.228 e. The second-order valence-electron chi connectivity index (χ2n) is 4.32. The molecule has 0 unspecified atom stereocenters. The molecule has 1 aromatic carbocycles. The molecular weight excluding hydrogens is 214 g/mol. The summed E-state index contributed by atoms with van der Waals surface area (Å²) in [5.41, 5.74) is 9.15. The van der Waals surface area contributed by atoms with Crippen molar-refractivity contribution in [3.8, 4) is 0 Å². The van der Waals surface area contributed by atoms with Crippen LogP contribution in [0.15, 0.2) is 18.2 Å². The predicted molar refractivity (Wildman–Crippen MR) is 68.9 cm³/mol. The van der Waals surface area contributed by atoms with Crippen molar-refractivity contribution in [3.05, 3.63) is 29.3 Å². The Kier molecular flexibility index (Phi) is 3.76. The van der Waals surface area contributed by atoms with Gasteiger partial charge in [0.15, 0.2) is 0 Å². The van der Waals surface area contributed by atoms with E-state index in [2.05, 4.69) is 17.4 Å². The molecule has 92 valence electrons. The summed E-state index contributed by atoms with van der Waals surface area (Å²) in [7, 11) is 1.95. The van der Waals surface area contributed by atoms with Crippen molar-refractivity contribution < 1.29 is 4.79 Å². The van der Waals surface area contributed by atoms with Crippen LogP contribution in [0.3, 0.4) is 0 Å². The standard InChI is InChI=1S/C13H19N3O/c1-15-7-6-10-2-4-12-11(8-10)3-5-13(17)16(12)9-14/h2,4,8,15H,3,5-7,9,14H2,1H3. The number of nitrogens with two attached hydrogens (primary N) is 1. The minimum absolute atomic E-state index is 0.128. The lowest BCUT2D eigenvalue weighted by atomic mass is 9.98. The molecule has 0 saturated carbocycles. The molecule has 1 aliphatic heterocycles. The van der Waals surface area contributed by atoms with Crippen molar-refractivity contribution in [2.24, 2.45) is 5.73 Å². The number of anilines is 1. The molecule has 0 saturated heterocycles. The molecule has 0 fully saturated rings. The molecule has 0 atom stereocenters. The summed E-state index contributed by atoms with van der Waals surface area (Å²) < 4.78 is 0. The Hall–Kier alpha value is -1.39. The Morgan fingerprint density at radius 3 is 2.94 bits per heavy atom. The van der Waals surface area contributed by atoms with Crippen LogP contribution in [-0.2, 0) is 17.6 Å². The Morgan fingerprint density at radius 2 is 2.24 bits per heavy atom. The van der Waals surface area contributed by atoms with Gasteiger partial charge in [-0.2, -0.15) is 0 Å². The van der Waals surface area contributed by atoms with E-state index in [9.17, 15) is 4.79 Å². The van der Waals surface area contributed by atoms with Crippen LogP contribution in [0.4, 0.5) is 5.69 Å². The normalized spacial score (nSPS) is 14.9. The third kappa shape index (κ3) is 2.48. The first-order chi connectivity index (χ1) is 8.26. The molecule has 0 radical (unpaired) electrons. The molecule has 1 aromatic rings. The van der Waals surface area contributed by atoms with Gasteiger partial charge in [0.05, 0.1) is 6.67 Å². The fourth-order valence-electron chi connectivity index (χ4n) is 2.24. The van der Waals surface area contributed by atoms with Crippen LogP contribution in [0, 0.1) is 0 Å². The monoisotopic (exact) mass is 233 g/mol. The lowest BCUT2D eigenvalue weighted by Crippen LogP contribution is -2.39. The Morgan fingerprint density at radius 1 is 1.41 bits per heavy atom. The third-order valence-corrected chi connectivity index (χ3v) is 3.19. The van der Waals surface area contributed by atoms with Crippen molar-refractivity contribution >= 4 is 11.6 Å². The van der Waals surface area contributed by atoms with Crippen molar-refractivity contribution in [2.45, 2.75) is 19.3 Å². The molecule has 0 aromatic heterocycles. The van der Waals surface area contributed by atoms with Gasteiger partial charge >= 0.3 is 0 Å². The SMILES string of the molecule is CNCCc1ccc2c(c1)CCC(=O)N2CN. The molecule has 3 N–H and O–H groups in total. The summed E-state index contributed by atoms with van der Waals surface area (Å²) in [4.78, 5) is 13.3. The zero-order valence-corrected chi connectivity index (χ0v) is 10.2. The minimum atomic E-state index is 0.128. The Labute approximate surface area is 102 Å². The lowest BCUT2D eigenvalue weighted by Gasteiger charge is -2.28. The zero-order valence-electron chi connectivity index (χ0n) is 10.2. The molecule has 4 nitrogen and oxygen atoms in total. The first-order valence-corrected chi connectivity index (χ1v) is 6.03. The first kappa shape index (κ1) is 12.1. The first-order valence-electron chi connectivity index (χ1n) is 6.03. The van der Waals surface area contributed by atoms with E-state index in [4.69, 9.17) is 5.73 Å². The maximum atomic E-state index is 11.7. The Balaban J connectivity index is 2.24. The second-order valence-corrected chi connectivity index (χ2v) is 4.32. The highest BCUT2D eigenvalue weighted by molar-refractivity contribution is 5.96. The number of rotatable bonds is 4. The number of benzene rings is 1. The van der Waals surface area contributed by atoms with E-state index in [0.29, 0.717) is 6.42 Å². The highest BCUT2D eigenvalue weighted by atomic mass is 16.2. The van der Waals surface area contributed by atoms with Crippen molar-refractivity contribution in [2.75, 3.05) is 25.2 Å². The topological polar surface area (TPSA) is 58.4 Å². The van der Waals surface area contributed by atoms with Crippen LogP contribution in [0.1, 0.15) is 17.5 Å². The smallest absolute Gasteiger partial charge is 0.228 e. The van der Waals surface area contributed by atoms with E-state index >= 15 is 0 Å². The van der Waals surface area contributed by atoms with Gasteiger partial charge in [-0.15, -0.1) is 0 Å². The fourth-order valence-corrected chi connectivity index (χ4v) is 2.24. The van der Waals surface area contributed by atoms with Crippen LogP contribution < -0.4 is 16.0 Å². The van der Waals surface area contributed by atoms with Gasteiger partial charge in [0, 0.05) is 12.1 Å². The van der Waals surface area contributed by atoms with Gasteiger partial charge in [0.25, 0.3) is 0 Å². The van der Waals surface area contributed by atoms with E-state index in [-0.39, 0.29) is 12.6 Å². The van der Waals surface area contributed by atoms with Gasteiger partial charge in [-0.25, -0.2) is 0 Å². The largest absolute Gasteiger partial charge is 0.319 e. The molecule has 2 rings (SSSR count). The summed E-state index contributed by atoms with van der Waals surface area (Å²) in [6.07, 6.45) is 2.41. The van der Waals surface area contributed by atoms with E-state index < -0.39 is 0 Å². The lowest BCUT2D eigenvalue weighted by molar-refractivity contribution is -0.118. The quantitative estimate of drug-likeness (QED) is 0.802. The minimum Gasteiger partial charge on any atom is -0.319 e. The Bertz CT molecular complexity index is 417. The average molecular weight is 233 g/mol. The van der Waals surface area contributed by atoms with Crippen LogP contribution in [0.5, 0.6) is 0 Å². The maximum absolute atomic E-state index is 11.7. The number of hydrogen-bond acceptors (Lipinski definition) is 3. The highest BCUT2D eigenvalue weighted by Gasteiger charge is 2.22. The predicted octanol–water partition coefficient (Wildman–Crippen LogP) is 0.644. The molecule has 1 amide bonds. The molecule has 17 heavy (non-hydrogen) atoms. The van der Waals surface area contributed by atoms with Gasteiger partial charge in [-0.1, -0.05) is 12.1 Å². The number of likely N-dealkylation sites (N-methyl/N-ethyl adjacent to an activating group) is 1. The number of carbonyl (C=O) groups excluding carboxylic acids is 1. The number of amides is 1. The van der Waals surface area contributed by atoms with Crippen LogP contribution >= 0.6 is 0 Å². The van der Waals surface area contributed by atoms with Gasteiger partial charge in [-0.05, 0) is 43.6 Å². The fraction of sp³-hybridized carbons (Fsp3) is 0.462. The molecule has 1 aliphatic rings. The molecule has 0 bridgehead atoms. The number of hydrogen-bond donors (Lipinski definition) is 2. The number of aryl methyl sites for hydroxylation is 1. The average Bonchev–Trinajstić information content (AvgIpc) is 2.36. The second kappa shape index (κ2) is 5.29. The van der Waals surface area contributed by atoms with Crippen LogP contribution in [-0.4, -0.2) is 26.2 Å². The van der Waals surface area contributed by atoms with Crippen LogP contribution in [0.2, 0.25) is 0 Å². The summed E-state index contributed by atoms with van der Waals surface area (Å²) in [5, 5.41) is 3.14. The summed E-state index contributed by atoms with van der Waals surface area (Å²) in [6.45, 7) is 1.24. The molecule has 1 heterocycles. The number of nitrogens with zero attached hydrogens (tertiary/aromatic N) is 1. The van der Waals surface area contributed by atoms with E-state index in [1.54, 1.807) is 4.90 Å². The summed E-state index contributed by atoms with van der Waals surface area (Å²) in [6, 6.07) is 6.30. The number of nitrogens with one attached hydrogen (secondary N) is 1. The highest BCUT2D eigenvalue weighted by Crippen LogP contribution is 2.28. The molecular formula is C13H19N3O. The van der Waals surface area contributed by atoms with Crippen molar-refractivity contribution in [3.63, 3.8) is 0 Å². The molecule has 0 aliphatic carbocycles.